The zero-order chi connectivity index (χ0) is 13.7. The van der Waals surface area contributed by atoms with Gasteiger partial charge in [-0.1, -0.05) is 18.0 Å². The summed E-state index contributed by atoms with van der Waals surface area (Å²) in [5.41, 5.74) is 0. The highest BCUT2D eigenvalue weighted by molar-refractivity contribution is 9.10. The molecular weight excluding hydrogens is 326 g/mol. The Balaban J connectivity index is 1.71. The fourth-order valence-corrected chi connectivity index (χ4v) is 3.30. The highest BCUT2D eigenvalue weighted by Crippen LogP contribution is 2.23. The smallest absolute Gasteiger partial charge is 0.140 e. The molecule has 5 heteroatoms. The van der Waals surface area contributed by atoms with E-state index in [-0.39, 0.29) is 0 Å². The summed E-state index contributed by atoms with van der Waals surface area (Å²) >= 11 is 9.33. The summed E-state index contributed by atoms with van der Waals surface area (Å²) in [5, 5.41) is 4.00. The topological polar surface area (TPSA) is 28.2 Å². The van der Waals surface area contributed by atoms with Crippen LogP contribution in [-0.4, -0.2) is 35.6 Å². The molecule has 1 unspecified atom stereocenters. The Kier molecular flexibility index (Phi) is 5.92. The third kappa shape index (κ3) is 4.62. The average molecular weight is 347 g/mol. The minimum absolute atomic E-state index is 0.652. The number of nitrogens with one attached hydrogen (secondary N) is 1. The molecule has 0 amide bonds. The molecule has 0 aromatic carbocycles. The van der Waals surface area contributed by atoms with Crippen molar-refractivity contribution < 1.29 is 0 Å². The molecule has 2 heterocycles. The van der Waals surface area contributed by atoms with Crippen molar-refractivity contribution in [1.82, 2.24) is 9.88 Å². The van der Waals surface area contributed by atoms with Gasteiger partial charge in [0.25, 0.3) is 0 Å². The van der Waals surface area contributed by atoms with Crippen LogP contribution in [0.3, 0.4) is 0 Å². The molecule has 106 valence electrons. The summed E-state index contributed by atoms with van der Waals surface area (Å²) in [6.07, 6.45) is 6.89. The molecule has 0 saturated carbocycles. The number of rotatable bonds is 5. The lowest BCUT2D eigenvalue weighted by Gasteiger charge is -2.33. The van der Waals surface area contributed by atoms with Gasteiger partial charge in [-0.15, -0.1) is 0 Å². The summed E-state index contributed by atoms with van der Waals surface area (Å²) in [7, 11) is 0. The van der Waals surface area contributed by atoms with Crippen molar-refractivity contribution >= 4 is 33.3 Å². The van der Waals surface area contributed by atoms with Crippen LogP contribution in [0.5, 0.6) is 0 Å². The van der Waals surface area contributed by atoms with Crippen molar-refractivity contribution in [3.05, 3.63) is 21.8 Å². The zero-order valence-electron chi connectivity index (χ0n) is 11.3. The van der Waals surface area contributed by atoms with Gasteiger partial charge in [0, 0.05) is 25.3 Å². The van der Waals surface area contributed by atoms with Crippen molar-refractivity contribution in [2.24, 2.45) is 0 Å². The van der Waals surface area contributed by atoms with Crippen molar-refractivity contribution in [3.8, 4) is 0 Å². The molecule has 1 fully saturated rings. The summed E-state index contributed by atoms with van der Waals surface area (Å²) < 4.78 is 0.923. The molecule has 3 nitrogen and oxygen atoms in total. The van der Waals surface area contributed by atoms with Gasteiger partial charge >= 0.3 is 0 Å². The SMILES string of the molecule is CC1CCCCN1CCCNc1ncc(Cl)cc1Br. The van der Waals surface area contributed by atoms with Crippen LogP contribution in [0.1, 0.15) is 32.6 Å². The van der Waals surface area contributed by atoms with Gasteiger partial charge in [0.1, 0.15) is 5.82 Å². The van der Waals surface area contributed by atoms with Crippen LogP contribution < -0.4 is 5.32 Å². The van der Waals surface area contributed by atoms with Crippen molar-refractivity contribution in [2.45, 2.75) is 38.6 Å². The van der Waals surface area contributed by atoms with Gasteiger partial charge in [-0.25, -0.2) is 4.98 Å². The molecule has 0 aliphatic carbocycles. The maximum absolute atomic E-state index is 5.87. The number of halogens is 2. The van der Waals surface area contributed by atoms with E-state index < -0.39 is 0 Å². The van der Waals surface area contributed by atoms with Gasteiger partial charge in [-0.05, 0) is 54.7 Å². The number of nitrogens with zero attached hydrogens (tertiary/aromatic N) is 2. The first-order chi connectivity index (χ1) is 9.16. The summed E-state index contributed by atoms with van der Waals surface area (Å²) in [6.45, 7) is 5.70. The van der Waals surface area contributed by atoms with Crippen LogP contribution >= 0.6 is 27.5 Å². The Morgan fingerprint density at radius 1 is 1.53 bits per heavy atom. The van der Waals surface area contributed by atoms with Gasteiger partial charge < -0.3 is 10.2 Å². The van der Waals surface area contributed by atoms with E-state index in [0.717, 1.165) is 29.3 Å². The second-order valence-electron chi connectivity index (χ2n) is 5.15. The Morgan fingerprint density at radius 2 is 2.37 bits per heavy atom. The zero-order valence-corrected chi connectivity index (χ0v) is 13.7. The maximum Gasteiger partial charge on any atom is 0.140 e. The largest absolute Gasteiger partial charge is 0.369 e. The number of likely N-dealkylation sites (tertiary alicyclic amines) is 1. The third-order valence-corrected chi connectivity index (χ3v) is 4.47. The summed E-state index contributed by atoms with van der Waals surface area (Å²) in [5.74, 6) is 0.871. The van der Waals surface area contributed by atoms with E-state index in [4.69, 9.17) is 11.6 Å². The normalized spacial score (nSPS) is 20.5. The van der Waals surface area contributed by atoms with Crippen LogP contribution in [0, 0.1) is 0 Å². The highest BCUT2D eigenvalue weighted by atomic mass is 79.9. The molecule has 1 atom stereocenters. The minimum atomic E-state index is 0.652. The molecule has 1 aliphatic rings. The summed E-state index contributed by atoms with van der Waals surface area (Å²) in [4.78, 5) is 6.87. The van der Waals surface area contributed by atoms with Crippen LogP contribution in [0.2, 0.25) is 5.02 Å². The van der Waals surface area contributed by atoms with E-state index in [1.165, 1.54) is 32.4 Å². The number of piperidine rings is 1. The Hall–Kier alpha value is -0.320. The Morgan fingerprint density at radius 3 is 3.11 bits per heavy atom. The van der Waals surface area contributed by atoms with E-state index in [9.17, 15) is 0 Å². The molecule has 0 spiro atoms. The lowest BCUT2D eigenvalue weighted by atomic mass is 10.0. The number of aromatic nitrogens is 1. The molecule has 1 aliphatic heterocycles. The molecule has 1 aromatic rings. The lowest BCUT2D eigenvalue weighted by Crippen LogP contribution is -2.38. The quantitative estimate of drug-likeness (QED) is 0.811. The first-order valence-electron chi connectivity index (χ1n) is 6.96. The van der Waals surface area contributed by atoms with Crippen LogP contribution in [-0.2, 0) is 0 Å². The minimum Gasteiger partial charge on any atom is -0.369 e. The Bertz CT molecular complexity index is 414. The Labute approximate surface area is 128 Å². The monoisotopic (exact) mass is 345 g/mol. The van der Waals surface area contributed by atoms with Gasteiger partial charge in [-0.2, -0.15) is 0 Å². The second kappa shape index (κ2) is 7.46. The molecule has 0 radical (unpaired) electrons. The molecular formula is C14H21BrClN3. The fourth-order valence-electron chi connectivity index (χ4n) is 2.52. The van der Waals surface area contributed by atoms with Crippen LogP contribution in [0.4, 0.5) is 5.82 Å². The van der Waals surface area contributed by atoms with Gasteiger partial charge in [0.05, 0.1) is 9.50 Å². The first-order valence-corrected chi connectivity index (χ1v) is 8.13. The van der Waals surface area contributed by atoms with Gasteiger partial charge in [0.2, 0.25) is 0 Å². The van der Waals surface area contributed by atoms with E-state index in [1.54, 1.807) is 6.20 Å². The third-order valence-electron chi connectivity index (χ3n) is 3.66. The molecule has 0 bridgehead atoms. The van der Waals surface area contributed by atoms with E-state index >= 15 is 0 Å². The molecule has 2 rings (SSSR count). The lowest BCUT2D eigenvalue weighted by molar-refractivity contribution is 0.160. The maximum atomic E-state index is 5.87. The number of pyridine rings is 1. The van der Waals surface area contributed by atoms with E-state index in [1.807, 2.05) is 6.07 Å². The fraction of sp³-hybridized carbons (Fsp3) is 0.643. The van der Waals surface area contributed by atoms with Crippen molar-refractivity contribution in [2.75, 3.05) is 25.0 Å². The standard InChI is InChI=1S/C14H21BrClN3/c1-11-5-2-3-7-19(11)8-4-6-17-14-13(15)9-12(16)10-18-14/h9-11H,2-8H2,1H3,(H,17,18). The van der Waals surface area contributed by atoms with Crippen molar-refractivity contribution in [3.63, 3.8) is 0 Å². The number of hydrogen-bond donors (Lipinski definition) is 1. The molecule has 19 heavy (non-hydrogen) atoms. The van der Waals surface area contributed by atoms with Crippen LogP contribution in [0.25, 0.3) is 0 Å². The second-order valence-corrected chi connectivity index (χ2v) is 6.44. The average Bonchev–Trinajstić information content (AvgIpc) is 2.38. The predicted octanol–water partition coefficient (Wildman–Crippen LogP) is 4.17. The van der Waals surface area contributed by atoms with Gasteiger partial charge in [0.15, 0.2) is 0 Å². The number of hydrogen-bond acceptors (Lipinski definition) is 3. The van der Waals surface area contributed by atoms with Crippen molar-refractivity contribution in [1.29, 1.82) is 0 Å². The summed E-state index contributed by atoms with van der Waals surface area (Å²) in [6, 6.07) is 2.61. The predicted molar refractivity (Wildman–Crippen MR) is 84.9 cm³/mol. The highest BCUT2D eigenvalue weighted by Gasteiger charge is 2.17. The number of anilines is 1. The molecule has 1 aromatic heterocycles. The van der Waals surface area contributed by atoms with E-state index in [0.29, 0.717) is 5.02 Å². The first kappa shape index (κ1) is 15.1. The molecule has 1 saturated heterocycles. The molecule has 1 N–H and O–H groups in total. The van der Waals surface area contributed by atoms with Gasteiger partial charge in [-0.3, -0.25) is 0 Å². The van der Waals surface area contributed by atoms with Crippen LogP contribution in [0.15, 0.2) is 16.7 Å². The van der Waals surface area contributed by atoms with E-state index in [2.05, 4.69) is 38.1 Å².